The molecule has 122 valence electrons. The van der Waals surface area contributed by atoms with Gasteiger partial charge in [0.25, 0.3) is 15.6 Å². The van der Waals surface area contributed by atoms with Crippen LogP contribution in [0.15, 0.2) is 40.0 Å². The summed E-state index contributed by atoms with van der Waals surface area (Å²) in [6, 6.07) is 6.66. The van der Waals surface area contributed by atoms with E-state index in [1.165, 1.54) is 44.4 Å². The van der Waals surface area contributed by atoms with Gasteiger partial charge in [0.2, 0.25) is 11.8 Å². The Bertz CT molecular complexity index is 874. The molecule has 0 aliphatic carbocycles. The minimum Gasteiger partial charge on any atom is -0.480 e. The molecular formula is C13H14N4O5S. The number of rotatable bonds is 5. The predicted molar refractivity (Wildman–Crippen MR) is 83.0 cm³/mol. The number of aromatic amines is 1. The fourth-order valence-corrected chi connectivity index (χ4v) is 2.75. The van der Waals surface area contributed by atoms with Gasteiger partial charge in [0.1, 0.15) is 5.69 Å². The molecule has 1 aromatic carbocycles. The molecule has 0 fully saturated rings. The Morgan fingerprint density at radius 1 is 1.26 bits per heavy atom. The molecule has 0 unspecified atom stereocenters. The van der Waals surface area contributed by atoms with Crippen LogP contribution >= 0.6 is 0 Å². The van der Waals surface area contributed by atoms with Crippen molar-refractivity contribution in [2.45, 2.75) is 11.8 Å². The van der Waals surface area contributed by atoms with Crippen molar-refractivity contribution >= 4 is 27.3 Å². The molecular weight excluding hydrogens is 324 g/mol. The molecule has 10 heteroatoms. The van der Waals surface area contributed by atoms with Gasteiger partial charge in [-0.2, -0.15) is 0 Å². The number of hydrogen-bond donors (Lipinski definition) is 3. The highest BCUT2D eigenvalue weighted by Gasteiger charge is 2.17. The van der Waals surface area contributed by atoms with Crippen LogP contribution in [0.25, 0.3) is 0 Å². The number of ether oxygens (including phenoxy) is 1. The summed E-state index contributed by atoms with van der Waals surface area (Å²) in [5.74, 6) is -0.211. The first kappa shape index (κ1) is 16.5. The zero-order valence-electron chi connectivity index (χ0n) is 12.3. The number of benzene rings is 1. The number of nitrogens with zero attached hydrogens (tertiary/aromatic N) is 1. The number of H-pyrrole nitrogens is 1. The second-order valence-corrected chi connectivity index (χ2v) is 6.15. The van der Waals surface area contributed by atoms with Crippen LogP contribution in [0.1, 0.15) is 6.92 Å². The van der Waals surface area contributed by atoms with Gasteiger partial charge in [0.15, 0.2) is 0 Å². The van der Waals surface area contributed by atoms with E-state index in [1.54, 1.807) is 0 Å². The molecule has 1 amide bonds. The molecule has 1 heterocycles. The molecule has 0 bridgehead atoms. The Hall–Kier alpha value is -2.88. The maximum absolute atomic E-state index is 12.3. The Morgan fingerprint density at radius 2 is 1.91 bits per heavy atom. The summed E-state index contributed by atoms with van der Waals surface area (Å²) in [4.78, 5) is 22.5. The van der Waals surface area contributed by atoms with Crippen molar-refractivity contribution in [3.8, 4) is 5.88 Å². The van der Waals surface area contributed by atoms with E-state index in [2.05, 4.69) is 20.2 Å². The van der Waals surface area contributed by atoms with Gasteiger partial charge in [0, 0.05) is 18.7 Å². The number of anilines is 2. The monoisotopic (exact) mass is 338 g/mol. The Balaban J connectivity index is 2.28. The van der Waals surface area contributed by atoms with E-state index < -0.39 is 15.6 Å². The van der Waals surface area contributed by atoms with Crippen molar-refractivity contribution in [3.05, 3.63) is 40.7 Å². The number of carbonyl (C=O) groups excluding carboxylic acids is 1. The minimum atomic E-state index is -3.97. The molecule has 9 nitrogen and oxygen atoms in total. The fraction of sp³-hybridized carbons (Fsp3) is 0.154. The van der Waals surface area contributed by atoms with Crippen LogP contribution in [0.3, 0.4) is 0 Å². The highest BCUT2D eigenvalue weighted by atomic mass is 32.2. The summed E-state index contributed by atoms with van der Waals surface area (Å²) in [5.41, 5.74) is -0.466. The number of carbonyl (C=O) groups is 1. The lowest BCUT2D eigenvalue weighted by atomic mass is 10.3. The van der Waals surface area contributed by atoms with Crippen molar-refractivity contribution in [1.82, 2.24) is 10.2 Å². The average Bonchev–Trinajstić information content (AvgIpc) is 2.49. The van der Waals surface area contributed by atoms with Crippen LogP contribution in [0.4, 0.5) is 11.4 Å². The number of methoxy groups -OCH3 is 1. The second-order valence-electron chi connectivity index (χ2n) is 4.46. The lowest BCUT2D eigenvalue weighted by molar-refractivity contribution is -0.114. The summed E-state index contributed by atoms with van der Waals surface area (Å²) in [7, 11) is -2.64. The van der Waals surface area contributed by atoms with Crippen molar-refractivity contribution in [2.24, 2.45) is 0 Å². The molecule has 2 rings (SSSR count). The van der Waals surface area contributed by atoms with Crippen molar-refractivity contribution in [1.29, 1.82) is 0 Å². The Labute approximate surface area is 131 Å². The third kappa shape index (κ3) is 4.07. The predicted octanol–water partition coefficient (Wildman–Crippen LogP) is 0.538. The van der Waals surface area contributed by atoms with Gasteiger partial charge in [0.05, 0.1) is 12.0 Å². The van der Waals surface area contributed by atoms with E-state index in [1.807, 2.05) is 0 Å². The lowest BCUT2D eigenvalue weighted by Crippen LogP contribution is -2.21. The average molecular weight is 338 g/mol. The van der Waals surface area contributed by atoms with E-state index in [-0.39, 0.29) is 22.4 Å². The van der Waals surface area contributed by atoms with Crippen LogP contribution in [0, 0.1) is 0 Å². The van der Waals surface area contributed by atoms with Crippen LogP contribution < -0.4 is 20.3 Å². The minimum absolute atomic E-state index is 0.0586. The van der Waals surface area contributed by atoms with Crippen LogP contribution in [0.5, 0.6) is 5.88 Å². The number of aromatic nitrogens is 2. The highest BCUT2D eigenvalue weighted by Crippen LogP contribution is 2.17. The lowest BCUT2D eigenvalue weighted by Gasteiger charge is -2.09. The number of hydrogen-bond acceptors (Lipinski definition) is 6. The molecule has 0 saturated heterocycles. The van der Waals surface area contributed by atoms with E-state index in [4.69, 9.17) is 4.74 Å². The van der Waals surface area contributed by atoms with E-state index >= 15 is 0 Å². The summed E-state index contributed by atoms with van der Waals surface area (Å²) in [6.07, 6.45) is 0. The zero-order chi connectivity index (χ0) is 17.0. The number of amides is 1. The van der Waals surface area contributed by atoms with Crippen molar-refractivity contribution in [2.75, 3.05) is 17.1 Å². The third-order valence-corrected chi connectivity index (χ3v) is 4.10. The highest BCUT2D eigenvalue weighted by molar-refractivity contribution is 7.92. The number of nitrogens with one attached hydrogen (secondary N) is 3. The molecule has 3 N–H and O–H groups in total. The van der Waals surface area contributed by atoms with Gasteiger partial charge >= 0.3 is 0 Å². The van der Waals surface area contributed by atoms with E-state index in [0.717, 1.165) is 0 Å². The normalized spacial score (nSPS) is 10.9. The smallest absolute Gasteiger partial charge is 0.288 e. The second kappa shape index (κ2) is 6.48. The first-order valence-electron chi connectivity index (χ1n) is 6.36. The SMILES string of the molecule is COc1cc(NS(=O)(=O)c2ccc(NC(C)=O)cc2)c(=O)[nH]n1. The first-order valence-corrected chi connectivity index (χ1v) is 7.84. The Morgan fingerprint density at radius 3 is 2.48 bits per heavy atom. The molecule has 0 radical (unpaired) electrons. The Kier molecular flexibility index (Phi) is 4.65. The van der Waals surface area contributed by atoms with Gasteiger partial charge in [-0.25, -0.2) is 13.5 Å². The topological polar surface area (TPSA) is 130 Å². The zero-order valence-corrected chi connectivity index (χ0v) is 13.1. The maximum atomic E-state index is 12.3. The molecule has 2 aromatic rings. The fourth-order valence-electron chi connectivity index (χ4n) is 1.69. The molecule has 0 aliphatic heterocycles. The number of sulfonamides is 1. The molecule has 0 atom stereocenters. The van der Waals surface area contributed by atoms with E-state index in [0.29, 0.717) is 5.69 Å². The van der Waals surface area contributed by atoms with Crippen molar-refractivity contribution in [3.63, 3.8) is 0 Å². The van der Waals surface area contributed by atoms with Crippen LogP contribution in [0.2, 0.25) is 0 Å². The molecule has 0 spiro atoms. The third-order valence-electron chi connectivity index (χ3n) is 2.72. The quantitative estimate of drug-likeness (QED) is 0.729. The van der Waals surface area contributed by atoms with Crippen molar-refractivity contribution < 1.29 is 17.9 Å². The van der Waals surface area contributed by atoms with Gasteiger partial charge in [-0.1, -0.05) is 0 Å². The summed E-state index contributed by atoms with van der Waals surface area (Å²) in [5, 5.41) is 8.21. The summed E-state index contributed by atoms with van der Waals surface area (Å²) >= 11 is 0. The largest absolute Gasteiger partial charge is 0.480 e. The van der Waals surface area contributed by atoms with Gasteiger partial charge < -0.3 is 10.1 Å². The van der Waals surface area contributed by atoms with Crippen LogP contribution in [-0.4, -0.2) is 31.6 Å². The van der Waals surface area contributed by atoms with E-state index in [9.17, 15) is 18.0 Å². The maximum Gasteiger partial charge on any atom is 0.288 e. The van der Waals surface area contributed by atoms with Gasteiger partial charge in [-0.15, -0.1) is 5.10 Å². The van der Waals surface area contributed by atoms with Gasteiger partial charge in [-0.3, -0.25) is 14.3 Å². The molecule has 0 aliphatic rings. The molecule has 1 aromatic heterocycles. The molecule has 0 saturated carbocycles. The standard InChI is InChI=1S/C13H14N4O5S/c1-8(18)14-9-3-5-10(6-4-9)23(20,21)17-11-7-12(22-2)15-16-13(11)19/h3-7H,1-2H3,(H,14,18)(H,15,17)(H,16,19). The van der Waals surface area contributed by atoms with Gasteiger partial charge in [-0.05, 0) is 24.3 Å². The molecule has 23 heavy (non-hydrogen) atoms. The summed E-state index contributed by atoms with van der Waals surface area (Å²) < 4.78 is 31.5. The first-order chi connectivity index (χ1) is 10.8. The summed E-state index contributed by atoms with van der Waals surface area (Å²) in [6.45, 7) is 1.34. The van der Waals surface area contributed by atoms with Crippen LogP contribution in [-0.2, 0) is 14.8 Å².